The smallest absolute Gasteiger partial charge is 0.352 e. The number of hydrogen-bond donors (Lipinski definition) is 6. The highest BCUT2D eigenvalue weighted by molar-refractivity contribution is 8.01. The van der Waals surface area contributed by atoms with Crippen LogP contribution in [0, 0.1) is 0 Å². The topological polar surface area (TPSA) is 303 Å². The third-order valence-corrected chi connectivity index (χ3v) is 10.8. The number of imide groups is 1. The number of carboxylic acids is 2. The molecule has 2 unspecified atom stereocenters. The van der Waals surface area contributed by atoms with E-state index in [0.717, 1.165) is 39.3 Å². The Balaban J connectivity index is 1.29. The second-order valence-electron chi connectivity index (χ2n) is 12.1. The van der Waals surface area contributed by atoms with Crippen LogP contribution < -0.4 is 22.3 Å². The van der Waals surface area contributed by atoms with Crippen molar-refractivity contribution in [1.82, 2.24) is 40.0 Å². The molecule has 2 aliphatic heterocycles. The first-order valence-corrected chi connectivity index (χ1v) is 18.2. The van der Waals surface area contributed by atoms with E-state index in [1.165, 1.54) is 6.92 Å². The number of nitrogens with two attached hydrogens (primary N) is 2. The van der Waals surface area contributed by atoms with Gasteiger partial charge in [-0.1, -0.05) is 42.1 Å². The number of carbonyl (C=O) groups excluding carboxylic acids is 4. The Morgan fingerprint density at radius 1 is 1.07 bits per heavy atom. The van der Waals surface area contributed by atoms with Gasteiger partial charge in [-0.25, -0.2) is 14.5 Å². The molecule has 4 aromatic rings. The SMILES string of the molecule is C[C@@H](N)C(=O)Nc1ccc(-c2ncc(C(=O)N(C(=O)C(N)c3ccccc3)C3C(=O)N4C(C(=O)O)=C(CSc5nnnn5CC(=O)O)CS[C@@H]34)c(=O)[nH]2)cc1. The molecule has 8 N–H and O–H groups in total. The number of aromatic amines is 1. The van der Waals surface area contributed by atoms with Crippen LogP contribution in [0.1, 0.15) is 28.9 Å². The molecule has 0 bridgehead atoms. The molecule has 4 heterocycles. The summed E-state index contributed by atoms with van der Waals surface area (Å²) in [6.45, 7) is 0.997. The molecule has 2 aromatic carbocycles. The van der Waals surface area contributed by atoms with Gasteiger partial charge >= 0.3 is 11.9 Å². The van der Waals surface area contributed by atoms with Gasteiger partial charge in [-0.05, 0) is 52.8 Å². The van der Waals surface area contributed by atoms with Crippen molar-refractivity contribution in [3.8, 4) is 11.4 Å². The highest BCUT2D eigenvalue weighted by Crippen LogP contribution is 2.44. The van der Waals surface area contributed by atoms with Crippen molar-refractivity contribution in [2.45, 2.75) is 42.1 Å². The number of nitrogens with zero attached hydrogens (tertiary/aromatic N) is 7. The van der Waals surface area contributed by atoms with Gasteiger partial charge < -0.3 is 32.0 Å². The fourth-order valence-corrected chi connectivity index (χ4v) is 8.07. The van der Waals surface area contributed by atoms with Gasteiger partial charge in [0.2, 0.25) is 11.1 Å². The number of tetrazole rings is 1. The number of H-pyrrole nitrogens is 1. The van der Waals surface area contributed by atoms with Crippen molar-refractivity contribution >= 4 is 64.8 Å². The van der Waals surface area contributed by atoms with Crippen LogP contribution in [0.15, 0.2) is 82.0 Å². The van der Waals surface area contributed by atoms with E-state index in [0.29, 0.717) is 21.7 Å². The molecule has 0 saturated carbocycles. The Hall–Kier alpha value is -6.23. The lowest BCUT2D eigenvalue weighted by atomic mass is 9.98. The second kappa shape index (κ2) is 16.0. The number of fused-ring (bicyclic) bond motifs is 1. The monoisotopic (exact) mass is 789 g/mol. The minimum absolute atomic E-state index is 0.0333. The Kier molecular flexibility index (Phi) is 11.2. The summed E-state index contributed by atoms with van der Waals surface area (Å²) in [5.74, 6) is -6.12. The average molecular weight is 790 g/mol. The lowest BCUT2D eigenvalue weighted by molar-refractivity contribution is -0.157. The number of amides is 4. The summed E-state index contributed by atoms with van der Waals surface area (Å²) in [6.07, 6.45) is 0.960. The fraction of sp³-hybridized carbons (Fsp3) is 0.242. The maximum atomic E-state index is 14.2. The minimum atomic E-state index is -1.55. The predicted molar refractivity (Wildman–Crippen MR) is 195 cm³/mol. The third kappa shape index (κ3) is 7.87. The Morgan fingerprint density at radius 2 is 1.78 bits per heavy atom. The molecule has 2 aromatic heterocycles. The molecular weight excluding hydrogens is 759 g/mol. The van der Waals surface area contributed by atoms with Gasteiger partial charge in [0.25, 0.3) is 23.3 Å². The van der Waals surface area contributed by atoms with Crippen molar-refractivity contribution in [1.29, 1.82) is 0 Å². The van der Waals surface area contributed by atoms with Gasteiger partial charge in [0.05, 0.1) is 6.04 Å². The first-order valence-electron chi connectivity index (χ1n) is 16.2. The van der Waals surface area contributed by atoms with E-state index < -0.39 is 76.7 Å². The van der Waals surface area contributed by atoms with Crippen molar-refractivity contribution in [3.63, 3.8) is 0 Å². The van der Waals surface area contributed by atoms with E-state index in [4.69, 9.17) is 16.6 Å². The summed E-state index contributed by atoms with van der Waals surface area (Å²) in [6, 6.07) is 10.5. The van der Waals surface area contributed by atoms with Crippen molar-refractivity contribution in [2.24, 2.45) is 11.5 Å². The van der Waals surface area contributed by atoms with Crippen LogP contribution in [0.4, 0.5) is 5.69 Å². The predicted octanol–water partition coefficient (Wildman–Crippen LogP) is -0.123. The standard InChI is InChI=1S/C33H31N11O9S2/c1-15(34)26(47)37-19-9-7-17(8-10-19)25-36-11-20(27(48)38-25)28(49)43(29(50)22(35)16-5-3-2-4-6-16)24-30(51)44-23(32(52)53)18(13-54-31(24)44)14-55-33-39-40-41-42(33)12-21(45)46/h2-11,15,22,24,31H,12-14,34-35H2,1H3,(H,37,47)(H,45,46)(H,52,53)(H,36,38,48)/t15-,22?,24?,31+/m1/s1. The molecule has 4 atom stereocenters. The molecule has 0 radical (unpaired) electrons. The number of rotatable bonds is 13. The molecule has 55 heavy (non-hydrogen) atoms. The average Bonchev–Trinajstić information content (AvgIpc) is 3.61. The van der Waals surface area contributed by atoms with Gasteiger partial charge in [-0.3, -0.25) is 38.6 Å². The van der Waals surface area contributed by atoms with Crippen LogP contribution in [-0.4, -0.2) is 115 Å². The van der Waals surface area contributed by atoms with Crippen LogP contribution in [0.25, 0.3) is 11.4 Å². The summed E-state index contributed by atoms with van der Waals surface area (Å²) in [5, 5.41) is 31.9. The van der Waals surface area contributed by atoms with Gasteiger partial charge in [-0.2, -0.15) is 0 Å². The normalized spacial score (nSPS) is 17.4. The quantitative estimate of drug-likeness (QED) is 0.0760. The molecule has 22 heteroatoms. The van der Waals surface area contributed by atoms with E-state index in [2.05, 4.69) is 30.8 Å². The number of benzene rings is 2. The summed E-state index contributed by atoms with van der Waals surface area (Å²) < 4.78 is 1.02. The summed E-state index contributed by atoms with van der Waals surface area (Å²) in [7, 11) is 0. The van der Waals surface area contributed by atoms with Gasteiger partial charge in [-0.15, -0.1) is 16.9 Å². The van der Waals surface area contributed by atoms with Crippen LogP contribution in [0.5, 0.6) is 0 Å². The van der Waals surface area contributed by atoms with Crippen molar-refractivity contribution in [2.75, 3.05) is 16.8 Å². The maximum Gasteiger partial charge on any atom is 0.352 e. The molecule has 4 amide bonds. The maximum absolute atomic E-state index is 14.2. The number of aromatic nitrogens is 6. The number of β-lactam (4-membered cyclic amide) rings is 1. The van der Waals surface area contributed by atoms with Crippen molar-refractivity contribution in [3.05, 3.63) is 93.5 Å². The number of carboxylic acid groups (broad SMARTS) is 2. The summed E-state index contributed by atoms with van der Waals surface area (Å²) in [5.41, 5.74) is 11.5. The number of hydrogen-bond acceptors (Lipinski definition) is 15. The van der Waals surface area contributed by atoms with Gasteiger partial charge in [0.15, 0.2) is 0 Å². The lowest BCUT2D eigenvalue weighted by Crippen LogP contribution is -2.73. The number of aliphatic carboxylic acids is 2. The number of carbonyl (C=O) groups is 6. The van der Waals surface area contributed by atoms with Crippen LogP contribution in [-0.2, 0) is 30.5 Å². The summed E-state index contributed by atoms with van der Waals surface area (Å²) in [4.78, 5) is 99.7. The molecule has 2 aliphatic rings. The van der Waals surface area contributed by atoms with Crippen molar-refractivity contribution < 1.29 is 39.0 Å². The van der Waals surface area contributed by atoms with Crippen LogP contribution in [0.3, 0.4) is 0 Å². The van der Waals surface area contributed by atoms with Gasteiger partial charge in [0, 0.05) is 29.0 Å². The van der Waals surface area contributed by atoms with E-state index in [1.54, 1.807) is 54.6 Å². The lowest BCUT2D eigenvalue weighted by Gasteiger charge is -2.52. The van der Waals surface area contributed by atoms with Crippen LogP contribution in [0.2, 0.25) is 0 Å². The molecule has 6 rings (SSSR count). The Bertz CT molecular complexity index is 2280. The van der Waals surface area contributed by atoms with E-state index in [-0.39, 0.29) is 33.8 Å². The van der Waals surface area contributed by atoms with E-state index in [9.17, 15) is 38.7 Å². The molecule has 0 aliphatic carbocycles. The molecular formula is C33H31N11O9S2. The second-order valence-corrected chi connectivity index (χ2v) is 14.2. The van der Waals surface area contributed by atoms with E-state index in [1.807, 2.05) is 0 Å². The van der Waals surface area contributed by atoms with Gasteiger partial charge in [0.1, 0.15) is 41.1 Å². The fourth-order valence-electron chi connectivity index (χ4n) is 5.67. The zero-order valence-corrected chi connectivity index (χ0v) is 30.2. The largest absolute Gasteiger partial charge is 0.480 e. The number of thioether (sulfide) groups is 2. The van der Waals surface area contributed by atoms with E-state index >= 15 is 0 Å². The molecule has 284 valence electrons. The number of anilines is 1. The molecule has 1 fully saturated rings. The zero-order chi connectivity index (χ0) is 39.6. The molecule has 0 spiro atoms. The number of nitrogens with one attached hydrogen (secondary N) is 2. The molecule has 1 saturated heterocycles. The summed E-state index contributed by atoms with van der Waals surface area (Å²) >= 11 is 2.04. The first-order chi connectivity index (χ1) is 26.3. The first kappa shape index (κ1) is 38.5. The Morgan fingerprint density at radius 3 is 2.42 bits per heavy atom. The highest BCUT2D eigenvalue weighted by atomic mass is 32.2. The third-order valence-electron chi connectivity index (χ3n) is 8.41. The minimum Gasteiger partial charge on any atom is -0.480 e. The Labute approximate surface area is 318 Å². The zero-order valence-electron chi connectivity index (χ0n) is 28.6. The van der Waals surface area contributed by atoms with Crippen LogP contribution >= 0.6 is 23.5 Å². The molecule has 20 nitrogen and oxygen atoms in total. The highest BCUT2D eigenvalue weighted by Gasteiger charge is 2.59.